The number of nitrogens with one attached hydrogen (secondary N) is 2. The van der Waals surface area contributed by atoms with Gasteiger partial charge in [-0.3, -0.25) is 4.79 Å². The van der Waals surface area contributed by atoms with E-state index in [1.54, 1.807) is 13.8 Å². The standard InChI is InChI=1S/C15H18N2O5S/c1-3-21-14(19)13-9(2)16-15(20)17-11(13)7-22-12(18)6-10-4-5-23-8-10/h4-5,8-9H,3,6-7H2,1-2H3,(H2,16,17,20)/t9-/m0/s1. The highest BCUT2D eigenvalue weighted by atomic mass is 32.1. The van der Waals surface area contributed by atoms with Crippen molar-refractivity contribution in [2.24, 2.45) is 0 Å². The molecule has 7 nitrogen and oxygen atoms in total. The van der Waals surface area contributed by atoms with E-state index in [0.717, 1.165) is 5.56 Å². The molecule has 1 aromatic heterocycles. The van der Waals surface area contributed by atoms with Crippen LogP contribution in [-0.4, -0.2) is 37.2 Å². The third-order valence-electron chi connectivity index (χ3n) is 3.17. The van der Waals surface area contributed by atoms with Crippen molar-refractivity contribution in [2.45, 2.75) is 26.3 Å². The Morgan fingerprint density at radius 2 is 2.13 bits per heavy atom. The van der Waals surface area contributed by atoms with Gasteiger partial charge in [-0.2, -0.15) is 11.3 Å². The molecule has 0 unspecified atom stereocenters. The molecule has 2 amide bonds. The van der Waals surface area contributed by atoms with Crippen molar-refractivity contribution in [2.75, 3.05) is 13.2 Å². The van der Waals surface area contributed by atoms with E-state index in [1.807, 2.05) is 16.8 Å². The Labute approximate surface area is 137 Å². The van der Waals surface area contributed by atoms with Crippen molar-refractivity contribution in [1.29, 1.82) is 0 Å². The van der Waals surface area contributed by atoms with Gasteiger partial charge in [-0.15, -0.1) is 0 Å². The van der Waals surface area contributed by atoms with Crippen LogP contribution in [0.4, 0.5) is 4.79 Å². The second-order valence-electron chi connectivity index (χ2n) is 4.90. The van der Waals surface area contributed by atoms with Crippen molar-refractivity contribution in [3.05, 3.63) is 33.7 Å². The van der Waals surface area contributed by atoms with Crippen molar-refractivity contribution in [3.63, 3.8) is 0 Å². The third-order valence-corrected chi connectivity index (χ3v) is 3.90. The highest BCUT2D eigenvalue weighted by Crippen LogP contribution is 2.15. The first-order valence-electron chi connectivity index (χ1n) is 7.15. The topological polar surface area (TPSA) is 93.7 Å². The van der Waals surface area contributed by atoms with Gasteiger partial charge < -0.3 is 20.1 Å². The van der Waals surface area contributed by atoms with Gasteiger partial charge in [0, 0.05) is 0 Å². The van der Waals surface area contributed by atoms with Crippen LogP contribution in [-0.2, 0) is 25.5 Å². The number of amides is 2. The fourth-order valence-electron chi connectivity index (χ4n) is 2.16. The van der Waals surface area contributed by atoms with Crippen LogP contribution in [0.25, 0.3) is 0 Å². The maximum atomic E-state index is 12.0. The van der Waals surface area contributed by atoms with Gasteiger partial charge in [0.25, 0.3) is 0 Å². The Bertz CT molecular complexity index is 624. The van der Waals surface area contributed by atoms with E-state index in [9.17, 15) is 14.4 Å². The number of carbonyl (C=O) groups is 3. The normalized spacial score (nSPS) is 17.3. The number of esters is 2. The van der Waals surface area contributed by atoms with Crippen LogP contribution in [0, 0.1) is 0 Å². The summed E-state index contributed by atoms with van der Waals surface area (Å²) in [5, 5.41) is 8.81. The summed E-state index contributed by atoms with van der Waals surface area (Å²) in [5.74, 6) is -0.976. The molecule has 124 valence electrons. The minimum Gasteiger partial charge on any atom is -0.463 e. The number of hydrogen-bond donors (Lipinski definition) is 2. The lowest BCUT2D eigenvalue weighted by atomic mass is 10.0. The molecule has 0 aliphatic carbocycles. The van der Waals surface area contributed by atoms with Crippen LogP contribution in [0.2, 0.25) is 0 Å². The van der Waals surface area contributed by atoms with Crippen molar-refractivity contribution in [1.82, 2.24) is 10.6 Å². The predicted molar refractivity (Wildman–Crippen MR) is 83.8 cm³/mol. The summed E-state index contributed by atoms with van der Waals surface area (Å²) < 4.78 is 10.1. The first kappa shape index (κ1) is 17.0. The summed E-state index contributed by atoms with van der Waals surface area (Å²) in [6.45, 7) is 3.39. The van der Waals surface area contributed by atoms with Crippen molar-refractivity contribution >= 4 is 29.3 Å². The fraction of sp³-hybridized carbons (Fsp3) is 0.400. The molecule has 1 aliphatic rings. The second-order valence-corrected chi connectivity index (χ2v) is 5.68. The molecule has 2 rings (SSSR count). The quantitative estimate of drug-likeness (QED) is 0.764. The maximum Gasteiger partial charge on any atom is 0.338 e. The molecule has 8 heteroatoms. The van der Waals surface area contributed by atoms with E-state index in [1.165, 1.54) is 11.3 Å². The Balaban J connectivity index is 2.06. The molecule has 0 saturated carbocycles. The van der Waals surface area contributed by atoms with Gasteiger partial charge in [-0.05, 0) is 36.2 Å². The van der Waals surface area contributed by atoms with Gasteiger partial charge in [-0.1, -0.05) is 0 Å². The Morgan fingerprint density at radius 3 is 2.78 bits per heavy atom. The molecule has 2 heterocycles. The largest absolute Gasteiger partial charge is 0.463 e. The Morgan fingerprint density at radius 1 is 1.35 bits per heavy atom. The Kier molecular flexibility index (Phi) is 5.75. The average molecular weight is 338 g/mol. The zero-order chi connectivity index (χ0) is 16.8. The molecule has 0 saturated heterocycles. The van der Waals surface area contributed by atoms with Gasteiger partial charge in [0.2, 0.25) is 0 Å². The maximum absolute atomic E-state index is 12.0. The number of carbonyl (C=O) groups excluding carboxylic acids is 3. The van der Waals surface area contributed by atoms with Crippen molar-refractivity contribution in [3.8, 4) is 0 Å². The molecule has 0 fully saturated rings. The minimum absolute atomic E-state index is 0.146. The van der Waals surface area contributed by atoms with E-state index in [0.29, 0.717) is 0 Å². The molecule has 0 aromatic carbocycles. The van der Waals surface area contributed by atoms with E-state index in [-0.39, 0.29) is 30.9 Å². The van der Waals surface area contributed by atoms with Crippen molar-refractivity contribution < 1.29 is 23.9 Å². The first-order chi connectivity index (χ1) is 11.0. The zero-order valence-corrected chi connectivity index (χ0v) is 13.7. The summed E-state index contributed by atoms with van der Waals surface area (Å²) >= 11 is 1.49. The monoisotopic (exact) mass is 338 g/mol. The number of ether oxygens (including phenoxy) is 2. The molecule has 0 bridgehead atoms. The number of hydrogen-bond acceptors (Lipinski definition) is 6. The van der Waals surface area contributed by atoms with Crippen LogP contribution in [0.5, 0.6) is 0 Å². The van der Waals surface area contributed by atoms with Gasteiger partial charge in [0.05, 0.1) is 30.3 Å². The lowest BCUT2D eigenvalue weighted by molar-refractivity contribution is -0.143. The third kappa shape index (κ3) is 4.56. The molecule has 1 atom stereocenters. The van der Waals surface area contributed by atoms with E-state index < -0.39 is 24.0 Å². The molecular formula is C15H18N2O5S. The van der Waals surface area contributed by atoms with E-state index >= 15 is 0 Å². The van der Waals surface area contributed by atoms with Crippen LogP contribution < -0.4 is 10.6 Å². The zero-order valence-electron chi connectivity index (χ0n) is 12.9. The number of thiophene rings is 1. The summed E-state index contributed by atoms with van der Waals surface area (Å²) in [6.07, 6.45) is 0.146. The highest BCUT2D eigenvalue weighted by molar-refractivity contribution is 7.07. The fourth-order valence-corrected chi connectivity index (χ4v) is 2.83. The smallest absolute Gasteiger partial charge is 0.338 e. The Hall–Kier alpha value is -2.35. The highest BCUT2D eigenvalue weighted by Gasteiger charge is 2.30. The second kappa shape index (κ2) is 7.77. The van der Waals surface area contributed by atoms with Gasteiger partial charge in [0.15, 0.2) is 0 Å². The lowest BCUT2D eigenvalue weighted by Gasteiger charge is -2.26. The minimum atomic E-state index is -0.545. The molecule has 0 spiro atoms. The molecule has 1 aliphatic heterocycles. The van der Waals surface area contributed by atoms with Crippen LogP contribution >= 0.6 is 11.3 Å². The number of urea groups is 1. The van der Waals surface area contributed by atoms with Gasteiger partial charge >= 0.3 is 18.0 Å². The van der Waals surface area contributed by atoms with Gasteiger partial charge in [-0.25, -0.2) is 9.59 Å². The van der Waals surface area contributed by atoms with Crippen LogP contribution in [0.3, 0.4) is 0 Å². The summed E-state index contributed by atoms with van der Waals surface area (Å²) in [6, 6.07) is 0.867. The molecule has 2 N–H and O–H groups in total. The number of rotatable bonds is 6. The average Bonchev–Trinajstić information content (AvgIpc) is 2.97. The predicted octanol–water partition coefficient (Wildman–Crippen LogP) is 1.35. The lowest BCUT2D eigenvalue weighted by Crippen LogP contribution is -2.50. The molecule has 1 aromatic rings. The van der Waals surface area contributed by atoms with Crippen LogP contribution in [0.15, 0.2) is 28.1 Å². The molecular weight excluding hydrogens is 320 g/mol. The van der Waals surface area contributed by atoms with Gasteiger partial charge in [0.1, 0.15) is 6.61 Å². The summed E-state index contributed by atoms with van der Waals surface area (Å²) in [5.41, 5.74) is 1.37. The molecule has 23 heavy (non-hydrogen) atoms. The summed E-state index contributed by atoms with van der Waals surface area (Å²) in [7, 11) is 0. The SMILES string of the molecule is CCOC(=O)C1=C(COC(=O)Cc2ccsc2)NC(=O)N[C@H]1C. The van der Waals surface area contributed by atoms with E-state index in [4.69, 9.17) is 9.47 Å². The van der Waals surface area contributed by atoms with E-state index in [2.05, 4.69) is 10.6 Å². The van der Waals surface area contributed by atoms with Crippen LogP contribution in [0.1, 0.15) is 19.4 Å². The summed E-state index contributed by atoms with van der Waals surface area (Å²) in [4.78, 5) is 35.4. The molecule has 0 radical (unpaired) electrons. The first-order valence-corrected chi connectivity index (χ1v) is 8.10.